The summed E-state index contributed by atoms with van der Waals surface area (Å²) in [5, 5.41) is 10.0. The molecule has 0 saturated carbocycles. The fraction of sp³-hybridized carbons (Fsp3) is 0.417. The Kier molecular flexibility index (Phi) is 4.63. The van der Waals surface area contributed by atoms with Gasteiger partial charge in [-0.25, -0.2) is 0 Å². The lowest BCUT2D eigenvalue weighted by Gasteiger charge is -2.15. The molecule has 1 unspecified atom stereocenters. The third-order valence-electron chi connectivity index (χ3n) is 2.35. The van der Waals surface area contributed by atoms with Crippen molar-refractivity contribution in [3.63, 3.8) is 0 Å². The Morgan fingerprint density at radius 1 is 1.31 bits per heavy atom. The number of carbonyl (C=O) groups is 1. The molecule has 0 aliphatic rings. The second kappa shape index (κ2) is 5.55. The van der Waals surface area contributed by atoms with E-state index in [4.69, 9.17) is 28.3 Å². The van der Waals surface area contributed by atoms with Crippen LogP contribution in [0.4, 0.5) is 0 Å². The lowest BCUT2D eigenvalue weighted by Crippen LogP contribution is -2.14. The van der Waals surface area contributed by atoms with Crippen LogP contribution in [0.2, 0.25) is 10.0 Å². The summed E-state index contributed by atoms with van der Waals surface area (Å²) in [7, 11) is 0. The zero-order chi connectivity index (χ0) is 12.3. The summed E-state index contributed by atoms with van der Waals surface area (Å²) in [6.45, 7) is 3.99. The highest BCUT2D eigenvalue weighted by Gasteiger charge is 2.21. The number of carboxylic acid groups (broad SMARTS) is 1. The van der Waals surface area contributed by atoms with E-state index in [9.17, 15) is 4.79 Å². The van der Waals surface area contributed by atoms with E-state index in [0.29, 0.717) is 27.9 Å². The van der Waals surface area contributed by atoms with Crippen LogP contribution in [0.25, 0.3) is 0 Å². The maximum Gasteiger partial charge on any atom is 0.310 e. The normalized spacial score (nSPS) is 12.8. The first-order valence-corrected chi connectivity index (χ1v) is 5.85. The van der Waals surface area contributed by atoms with Gasteiger partial charge in [0.25, 0.3) is 0 Å². The molecule has 4 heteroatoms. The van der Waals surface area contributed by atoms with E-state index < -0.39 is 11.9 Å². The molecule has 0 bridgehead atoms. The summed E-state index contributed by atoms with van der Waals surface area (Å²) in [5.41, 5.74) is 0.704. The lowest BCUT2D eigenvalue weighted by atomic mass is 9.90. The molecule has 0 fully saturated rings. The average molecular weight is 261 g/mol. The molecule has 1 aromatic carbocycles. The summed E-state index contributed by atoms with van der Waals surface area (Å²) in [6, 6.07) is 4.98. The molecule has 0 aliphatic heterocycles. The minimum absolute atomic E-state index is 0.315. The molecule has 0 heterocycles. The highest BCUT2D eigenvalue weighted by Crippen LogP contribution is 2.29. The Hall–Kier alpha value is -0.730. The van der Waals surface area contributed by atoms with Gasteiger partial charge in [0.05, 0.1) is 16.0 Å². The van der Waals surface area contributed by atoms with Crippen molar-refractivity contribution >= 4 is 29.2 Å². The summed E-state index contributed by atoms with van der Waals surface area (Å²) < 4.78 is 0. The molecule has 16 heavy (non-hydrogen) atoms. The smallest absolute Gasteiger partial charge is 0.310 e. The second-order valence-corrected chi connectivity index (χ2v) is 5.01. The largest absolute Gasteiger partial charge is 0.481 e. The predicted octanol–water partition coefficient (Wildman–Crippen LogP) is 4.21. The first kappa shape index (κ1) is 13.3. The zero-order valence-corrected chi connectivity index (χ0v) is 10.7. The summed E-state index contributed by atoms with van der Waals surface area (Å²) in [4.78, 5) is 11.2. The third-order valence-corrected chi connectivity index (χ3v) is 3.09. The molecule has 2 nitrogen and oxygen atoms in total. The first-order chi connectivity index (χ1) is 7.41. The molecule has 1 atom stereocenters. The van der Waals surface area contributed by atoms with Crippen LogP contribution in [0.5, 0.6) is 0 Å². The molecule has 1 aromatic rings. The highest BCUT2D eigenvalue weighted by atomic mass is 35.5. The van der Waals surface area contributed by atoms with Crippen LogP contribution in [0.1, 0.15) is 31.7 Å². The van der Waals surface area contributed by atoms with Crippen molar-refractivity contribution in [2.45, 2.75) is 26.2 Å². The molecule has 0 aromatic heterocycles. The van der Waals surface area contributed by atoms with Crippen LogP contribution in [-0.4, -0.2) is 11.1 Å². The van der Waals surface area contributed by atoms with E-state index in [1.807, 2.05) is 13.8 Å². The van der Waals surface area contributed by atoms with Crippen LogP contribution >= 0.6 is 23.2 Å². The van der Waals surface area contributed by atoms with Gasteiger partial charge in [0.15, 0.2) is 0 Å². The predicted molar refractivity (Wildman–Crippen MR) is 66.3 cm³/mol. The first-order valence-electron chi connectivity index (χ1n) is 5.09. The standard InChI is InChI=1S/C12H14Cl2O2/c1-7(2)5-9(12(15)16)8-3-4-10(13)11(14)6-8/h3-4,6-7,9H,5H2,1-2H3,(H,15,16). The molecule has 1 rings (SSSR count). The van der Waals surface area contributed by atoms with Crippen molar-refractivity contribution in [3.8, 4) is 0 Å². The molecule has 0 aliphatic carbocycles. The van der Waals surface area contributed by atoms with Gasteiger partial charge in [0, 0.05) is 0 Å². The van der Waals surface area contributed by atoms with Crippen LogP contribution in [0.15, 0.2) is 18.2 Å². The SMILES string of the molecule is CC(C)CC(C(=O)O)c1ccc(Cl)c(Cl)c1. The molecule has 0 amide bonds. The molecule has 1 N–H and O–H groups in total. The van der Waals surface area contributed by atoms with Crippen molar-refractivity contribution in [1.82, 2.24) is 0 Å². The van der Waals surface area contributed by atoms with Gasteiger partial charge in [0.1, 0.15) is 0 Å². The van der Waals surface area contributed by atoms with Gasteiger partial charge in [-0.05, 0) is 30.0 Å². The maximum absolute atomic E-state index is 11.2. The van der Waals surface area contributed by atoms with Crippen molar-refractivity contribution in [2.75, 3.05) is 0 Å². The third kappa shape index (κ3) is 3.39. The summed E-state index contributed by atoms with van der Waals surface area (Å²) in [5.74, 6) is -1.03. The number of halogens is 2. The monoisotopic (exact) mass is 260 g/mol. The molecule has 0 saturated heterocycles. The van der Waals surface area contributed by atoms with Crippen molar-refractivity contribution < 1.29 is 9.90 Å². The summed E-state index contributed by atoms with van der Waals surface area (Å²) in [6.07, 6.45) is 0.591. The maximum atomic E-state index is 11.2. The molecule has 0 spiro atoms. The quantitative estimate of drug-likeness (QED) is 0.881. The fourth-order valence-electron chi connectivity index (χ4n) is 1.58. The minimum Gasteiger partial charge on any atom is -0.481 e. The van der Waals surface area contributed by atoms with Crippen molar-refractivity contribution in [3.05, 3.63) is 33.8 Å². The van der Waals surface area contributed by atoms with Gasteiger partial charge in [-0.3, -0.25) is 4.79 Å². The van der Waals surface area contributed by atoms with E-state index >= 15 is 0 Å². The molecule has 0 radical (unpaired) electrons. The highest BCUT2D eigenvalue weighted by molar-refractivity contribution is 6.42. The number of aliphatic carboxylic acids is 1. The number of hydrogen-bond donors (Lipinski definition) is 1. The van der Waals surface area contributed by atoms with E-state index in [0.717, 1.165) is 0 Å². The van der Waals surface area contributed by atoms with Crippen LogP contribution in [-0.2, 0) is 4.79 Å². The zero-order valence-electron chi connectivity index (χ0n) is 9.21. The lowest BCUT2D eigenvalue weighted by molar-refractivity contribution is -0.139. The minimum atomic E-state index is -0.827. The Bertz CT molecular complexity index is 389. The van der Waals surface area contributed by atoms with Gasteiger partial charge < -0.3 is 5.11 Å². The number of rotatable bonds is 4. The average Bonchev–Trinajstić information content (AvgIpc) is 2.18. The topological polar surface area (TPSA) is 37.3 Å². The van der Waals surface area contributed by atoms with Crippen LogP contribution in [0.3, 0.4) is 0 Å². The number of hydrogen-bond acceptors (Lipinski definition) is 1. The molecular formula is C12H14Cl2O2. The Morgan fingerprint density at radius 3 is 2.38 bits per heavy atom. The Morgan fingerprint density at radius 2 is 1.94 bits per heavy atom. The van der Waals surface area contributed by atoms with Gasteiger partial charge in [-0.2, -0.15) is 0 Å². The van der Waals surface area contributed by atoms with Crippen LogP contribution < -0.4 is 0 Å². The fourth-order valence-corrected chi connectivity index (χ4v) is 1.89. The van der Waals surface area contributed by atoms with Crippen molar-refractivity contribution in [2.24, 2.45) is 5.92 Å². The van der Waals surface area contributed by atoms with Gasteiger partial charge in [-0.1, -0.05) is 43.1 Å². The van der Waals surface area contributed by atoms with E-state index in [1.54, 1.807) is 18.2 Å². The number of benzene rings is 1. The Balaban J connectivity index is 3.01. The van der Waals surface area contributed by atoms with E-state index in [2.05, 4.69) is 0 Å². The Labute approximate surface area is 105 Å². The van der Waals surface area contributed by atoms with Gasteiger partial charge in [0.2, 0.25) is 0 Å². The molecule has 88 valence electrons. The molecular weight excluding hydrogens is 247 g/mol. The van der Waals surface area contributed by atoms with Crippen molar-refractivity contribution in [1.29, 1.82) is 0 Å². The second-order valence-electron chi connectivity index (χ2n) is 4.19. The number of carboxylic acids is 1. The van der Waals surface area contributed by atoms with Gasteiger partial charge >= 0.3 is 5.97 Å². The van der Waals surface area contributed by atoms with E-state index in [-0.39, 0.29) is 0 Å². The summed E-state index contributed by atoms with van der Waals surface area (Å²) >= 11 is 11.7. The van der Waals surface area contributed by atoms with E-state index in [1.165, 1.54) is 0 Å². The van der Waals surface area contributed by atoms with Gasteiger partial charge in [-0.15, -0.1) is 0 Å². The van der Waals surface area contributed by atoms with Crippen LogP contribution in [0, 0.1) is 5.92 Å².